The van der Waals surface area contributed by atoms with Crippen molar-refractivity contribution in [1.82, 2.24) is 14.7 Å². The summed E-state index contributed by atoms with van der Waals surface area (Å²) in [6, 6.07) is 8.08. The molecule has 1 aromatic carbocycles. The van der Waals surface area contributed by atoms with Crippen molar-refractivity contribution < 1.29 is 9.53 Å². The third-order valence-electron chi connectivity index (χ3n) is 3.25. The van der Waals surface area contributed by atoms with Crippen LogP contribution in [0.15, 0.2) is 36.9 Å². The molecule has 0 fully saturated rings. The highest BCUT2D eigenvalue weighted by Crippen LogP contribution is 2.18. The SMILES string of the molecule is C=CCN(CC(=O)OCC)Cc1nn(C)c2ccccc12. The lowest BCUT2D eigenvalue weighted by Crippen LogP contribution is -2.31. The van der Waals surface area contributed by atoms with Crippen molar-refractivity contribution in [3.05, 3.63) is 42.6 Å². The molecule has 0 spiro atoms. The van der Waals surface area contributed by atoms with Gasteiger partial charge in [0.2, 0.25) is 0 Å². The smallest absolute Gasteiger partial charge is 0.320 e. The Morgan fingerprint density at radius 3 is 2.95 bits per heavy atom. The number of nitrogens with zero attached hydrogens (tertiary/aromatic N) is 3. The molecule has 2 rings (SSSR count). The van der Waals surface area contributed by atoms with Gasteiger partial charge in [0.15, 0.2) is 0 Å². The molecule has 0 radical (unpaired) electrons. The fourth-order valence-corrected chi connectivity index (χ4v) is 2.37. The Balaban J connectivity index is 2.18. The standard InChI is InChI=1S/C16H21N3O2/c1-4-10-19(12-16(20)21-5-2)11-14-13-8-6-7-9-15(13)18(3)17-14/h4,6-9H,1,5,10-12H2,2-3H3. The maximum atomic E-state index is 11.7. The number of esters is 1. The van der Waals surface area contributed by atoms with E-state index in [0.29, 0.717) is 19.7 Å². The molecular formula is C16H21N3O2. The molecule has 5 nitrogen and oxygen atoms in total. The number of para-hydroxylation sites is 1. The highest BCUT2D eigenvalue weighted by atomic mass is 16.5. The van der Waals surface area contributed by atoms with Crippen LogP contribution in [-0.4, -0.2) is 40.3 Å². The topological polar surface area (TPSA) is 47.4 Å². The van der Waals surface area contributed by atoms with Gasteiger partial charge < -0.3 is 4.74 Å². The van der Waals surface area contributed by atoms with Crippen LogP contribution in [0.25, 0.3) is 10.9 Å². The minimum absolute atomic E-state index is 0.223. The van der Waals surface area contributed by atoms with Crippen molar-refractivity contribution in [2.75, 3.05) is 19.7 Å². The number of fused-ring (bicyclic) bond motifs is 1. The van der Waals surface area contributed by atoms with Crippen LogP contribution in [-0.2, 0) is 23.1 Å². The molecule has 1 aromatic heterocycles. The fourth-order valence-electron chi connectivity index (χ4n) is 2.37. The first kappa shape index (κ1) is 15.3. The van der Waals surface area contributed by atoms with Gasteiger partial charge in [-0.2, -0.15) is 5.10 Å². The van der Waals surface area contributed by atoms with E-state index in [2.05, 4.69) is 11.7 Å². The predicted octanol–water partition coefficient (Wildman–Crippen LogP) is 2.12. The Kier molecular flexibility index (Phi) is 5.11. The van der Waals surface area contributed by atoms with Crippen molar-refractivity contribution >= 4 is 16.9 Å². The van der Waals surface area contributed by atoms with Crippen LogP contribution >= 0.6 is 0 Å². The van der Waals surface area contributed by atoms with Gasteiger partial charge in [-0.05, 0) is 13.0 Å². The first-order valence-corrected chi connectivity index (χ1v) is 7.05. The fraction of sp³-hybridized carbons (Fsp3) is 0.375. The number of carbonyl (C=O) groups excluding carboxylic acids is 1. The molecule has 112 valence electrons. The summed E-state index contributed by atoms with van der Waals surface area (Å²) in [5, 5.41) is 5.66. The van der Waals surface area contributed by atoms with Crippen LogP contribution in [0, 0.1) is 0 Å². The molecule has 0 aliphatic rings. The summed E-state index contributed by atoms with van der Waals surface area (Å²) in [7, 11) is 1.93. The van der Waals surface area contributed by atoms with Crippen LogP contribution in [0.3, 0.4) is 0 Å². The van der Waals surface area contributed by atoms with E-state index in [1.54, 1.807) is 6.08 Å². The lowest BCUT2D eigenvalue weighted by Gasteiger charge is -2.18. The van der Waals surface area contributed by atoms with Gasteiger partial charge >= 0.3 is 5.97 Å². The molecule has 0 atom stereocenters. The van der Waals surface area contributed by atoms with E-state index in [9.17, 15) is 4.79 Å². The van der Waals surface area contributed by atoms with Crippen LogP contribution in [0.1, 0.15) is 12.6 Å². The summed E-state index contributed by atoms with van der Waals surface area (Å²) in [6.45, 7) is 7.39. The average molecular weight is 287 g/mol. The maximum Gasteiger partial charge on any atom is 0.320 e. The molecule has 0 unspecified atom stereocenters. The van der Waals surface area contributed by atoms with Crippen molar-refractivity contribution in [3.63, 3.8) is 0 Å². The third kappa shape index (κ3) is 3.70. The van der Waals surface area contributed by atoms with Crippen molar-refractivity contribution in [1.29, 1.82) is 0 Å². The predicted molar refractivity (Wildman–Crippen MR) is 82.8 cm³/mol. The summed E-state index contributed by atoms with van der Waals surface area (Å²) in [5.41, 5.74) is 2.04. The van der Waals surface area contributed by atoms with Gasteiger partial charge in [-0.3, -0.25) is 14.4 Å². The van der Waals surface area contributed by atoms with E-state index in [0.717, 1.165) is 16.6 Å². The molecule has 0 bridgehead atoms. The molecular weight excluding hydrogens is 266 g/mol. The first-order chi connectivity index (χ1) is 10.2. The largest absolute Gasteiger partial charge is 0.465 e. The Morgan fingerprint density at radius 2 is 2.24 bits per heavy atom. The van der Waals surface area contributed by atoms with Gasteiger partial charge in [0.1, 0.15) is 0 Å². The van der Waals surface area contributed by atoms with E-state index < -0.39 is 0 Å². The van der Waals surface area contributed by atoms with Gasteiger partial charge in [0, 0.05) is 25.5 Å². The number of carbonyl (C=O) groups is 1. The summed E-state index contributed by atoms with van der Waals surface area (Å²) >= 11 is 0. The molecule has 2 aromatic rings. The summed E-state index contributed by atoms with van der Waals surface area (Å²) in [4.78, 5) is 13.6. The molecule has 21 heavy (non-hydrogen) atoms. The van der Waals surface area contributed by atoms with E-state index in [1.807, 2.05) is 47.8 Å². The normalized spacial score (nSPS) is 11.0. The zero-order chi connectivity index (χ0) is 15.2. The maximum absolute atomic E-state index is 11.7. The van der Waals surface area contributed by atoms with E-state index in [-0.39, 0.29) is 12.5 Å². The van der Waals surface area contributed by atoms with Gasteiger partial charge in [-0.15, -0.1) is 6.58 Å². The molecule has 0 amide bonds. The van der Waals surface area contributed by atoms with Crippen LogP contribution in [0.4, 0.5) is 0 Å². The molecule has 5 heteroatoms. The highest BCUT2D eigenvalue weighted by molar-refractivity contribution is 5.81. The zero-order valence-electron chi connectivity index (χ0n) is 12.6. The number of rotatable bonds is 7. The third-order valence-corrected chi connectivity index (χ3v) is 3.25. The molecule has 1 heterocycles. The Hall–Kier alpha value is -2.14. The monoisotopic (exact) mass is 287 g/mol. The van der Waals surface area contributed by atoms with Crippen LogP contribution in [0.2, 0.25) is 0 Å². The zero-order valence-corrected chi connectivity index (χ0v) is 12.6. The summed E-state index contributed by atoms with van der Waals surface area (Å²) in [6.07, 6.45) is 1.78. The van der Waals surface area contributed by atoms with Gasteiger partial charge in [0.05, 0.1) is 24.4 Å². The average Bonchev–Trinajstić information content (AvgIpc) is 2.76. The summed E-state index contributed by atoms with van der Waals surface area (Å²) in [5.74, 6) is -0.223. The number of benzene rings is 1. The summed E-state index contributed by atoms with van der Waals surface area (Å²) < 4.78 is 6.87. The van der Waals surface area contributed by atoms with Gasteiger partial charge in [0.25, 0.3) is 0 Å². The van der Waals surface area contributed by atoms with Gasteiger partial charge in [-0.1, -0.05) is 24.3 Å². The second-order valence-corrected chi connectivity index (χ2v) is 4.85. The Morgan fingerprint density at radius 1 is 1.48 bits per heavy atom. The van der Waals surface area contributed by atoms with Crippen LogP contribution in [0.5, 0.6) is 0 Å². The molecule has 0 saturated carbocycles. The van der Waals surface area contributed by atoms with Crippen molar-refractivity contribution in [3.8, 4) is 0 Å². The van der Waals surface area contributed by atoms with Crippen molar-refractivity contribution in [2.24, 2.45) is 7.05 Å². The Labute approximate surface area is 124 Å². The van der Waals surface area contributed by atoms with Gasteiger partial charge in [-0.25, -0.2) is 0 Å². The van der Waals surface area contributed by atoms with E-state index in [1.165, 1.54) is 0 Å². The second-order valence-electron chi connectivity index (χ2n) is 4.85. The lowest BCUT2D eigenvalue weighted by atomic mass is 10.2. The number of hydrogen-bond donors (Lipinski definition) is 0. The quantitative estimate of drug-likeness (QED) is 0.578. The lowest BCUT2D eigenvalue weighted by molar-refractivity contribution is -0.144. The number of hydrogen-bond acceptors (Lipinski definition) is 4. The van der Waals surface area contributed by atoms with Crippen LogP contribution < -0.4 is 0 Å². The van der Waals surface area contributed by atoms with E-state index in [4.69, 9.17) is 4.74 Å². The molecule has 0 aliphatic carbocycles. The molecule has 0 saturated heterocycles. The minimum atomic E-state index is -0.223. The highest BCUT2D eigenvalue weighted by Gasteiger charge is 2.15. The number of ether oxygens (including phenoxy) is 1. The molecule has 0 aliphatic heterocycles. The number of aryl methyl sites for hydroxylation is 1. The van der Waals surface area contributed by atoms with Crippen molar-refractivity contribution in [2.45, 2.75) is 13.5 Å². The Bertz CT molecular complexity index is 633. The molecule has 0 N–H and O–H groups in total. The van der Waals surface area contributed by atoms with E-state index >= 15 is 0 Å². The first-order valence-electron chi connectivity index (χ1n) is 7.05. The second kappa shape index (κ2) is 7.04. The minimum Gasteiger partial charge on any atom is -0.465 e. The number of aromatic nitrogens is 2.